The van der Waals surface area contributed by atoms with Crippen molar-refractivity contribution in [1.82, 2.24) is 10.6 Å². The van der Waals surface area contributed by atoms with Crippen LogP contribution in [0.4, 0.5) is 4.79 Å². The number of amides is 2. The molecule has 154 valence electrons. The molecule has 2 fully saturated rings. The second kappa shape index (κ2) is 8.17. The van der Waals surface area contributed by atoms with Crippen molar-refractivity contribution in [2.24, 2.45) is 0 Å². The summed E-state index contributed by atoms with van der Waals surface area (Å²) >= 11 is 0. The van der Waals surface area contributed by atoms with E-state index in [4.69, 9.17) is 9.47 Å². The van der Waals surface area contributed by atoms with Crippen LogP contribution in [0.1, 0.15) is 33.4 Å². The first kappa shape index (κ1) is 19.9. The molecule has 5 nitrogen and oxygen atoms in total. The van der Waals surface area contributed by atoms with Gasteiger partial charge >= 0.3 is 6.03 Å². The topological polar surface area (TPSA) is 59.6 Å². The molecule has 0 aromatic heterocycles. The first-order valence-electron chi connectivity index (χ1n) is 10.3. The second-order valence-electron chi connectivity index (χ2n) is 8.48. The van der Waals surface area contributed by atoms with E-state index in [0.29, 0.717) is 0 Å². The molecule has 0 spiro atoms. The Labute approximate surface area is 172 Å². The van der Waals surface area contributed by atoms with Gasteiger partial charge in [-0.3, -0.25) is 0 Å². The Hall–Kier alpha value is -2.37. The standard InChI is InChI=1S/C24H30N2O3/c1-14-5-7-16(3)18(9-14)11-20-22-23(29-13-28-22)21(26-24(27)25-20)12-19-10-15(2)6-8-17(19)4/h5-10,20-23H,11-13H2,1-4H3,(H2,25,26,27)/t20-,21-,22+,23+/m1/s1. The Kier molecular flexibility index (Phi) is 5.61. The summed E-state index contributed by atoms with van der Waals surface area (Å²) in [5.41, 5.74) is 7.36. The molecule has 0 saturated carbocycles. The highest BCUT2D eigenvalue weighted by molar-refractivity contribution is 5.75. The highest BCUT2D eigenvalue weighted by Gasteiger charge is 2.44. The summed E-state index contributed by atoms with van der Waals surface area (Å²) in [6.07, 6.45) is 1.09. The van der Waals surface area contributed by atoms with Crippen LogP contribution in [-0.4, -0.2) is 37.1 Å². The van der Waals surface area contributed by atoms with Gasteiger partial charge in [0.15, 0.2) is 0 Å². The lowest BCUT2D eigenvalue weighted by molar-refractivity contribution is 0.0275. The van der Waals surface area contributed by atoms with Gasteiger partial charge in [0, 0.05) is 0 Å². The van der Waals surface area contributed by atoms with Gasteiger partial charge in [-0.2, -0.15) is 0 Å². The lowest BCUT2D eigenvalue weighted by Crippen LogP contribution is -2.47. The number of urea groups is 1. The van der Waals surface area contributed by atoms with Crippen LogP contribution < -0.4 is 10.6 Å². The van der Waals surface area contributed by atoms with Crippen molar-refractivity contribution in [2.45, 2.75) is 64.8 Å². The molecule has 4 atom stereocenters. The Morgan fingerprint density at radius 3 is 1.69 bits per heavy atom. The van der Waals surface area contributed by atoms with Gasteiger partial charge < -0.3 is 20.1 Å². The summed E-state index contributed by atoms with van der Waals surface area (Å²) in [5.74, 6) is 0. The van der Waals surface area contributed by atoms with Gasteiger partial charge in [-0.25, -0.2) is 4.79 Å². The molecule has 2 aliphatic rings. The van der Waals surface area contributed by atoms with Gasteiger partial charge in [-0.1, -0.05) is 47.5 Å². The summed E-state index contributed by atoms with van der Waals surface area (Å²) in [7, 11) is 0. The van der Waals surface area contributed by atoms with Crippen LogP contribution in [0.15, 0.2) is 36.4 Å². The number of hydrogen-bond acceptors (Lipinski definition) is 3. The fraction of sp³-hybridized carbons (Fsp3) is 0.458. The largest absolute Gasteiger partial charge is 0.347 e. The second-order valence-corrected chi connectivity index (χ2v) is 8.48. The molecular formula is C24H30N2O3. The van der Waals surface area contributed by atoms with E-state index in [1.54, 1.807) is 0 Å². The van der Waals surface area contributed by atoms with E-state index < -0.39 is 0 Å². The fourth-order valence-electron chi connectivity index (χ4n) is 4.47. The Balaban J connectivity index is 1.58. The molecule has 2 aromatic rings. The molecule has 2 N–H and O–H groups in total. The van der Waals surface area contributed by atoms with Crippen molar-refractivity contribution in [3.05, 3.63) is 69.8 Å². The number of fused-ring (bicyclic) bond motifs is 1. The zero-order valence-corrected chi connectivity index (χ0v) is 17.6. The maximum atomic E-state index is 12.7. The molecule has 4 rings (SSSR count). The first-order valence-corrected chi connectivity index (χ1v) is 10.3. The number of rotatable bonds is 4. The molecule has 0 aliphatic carbocycles. The Morgan fingerprint density at radius 2 is 1.24 bits per heavy atom. The summed E-state index contributed by atoms with van der Waals surface area (Å²) in [5, 5.41) is 6.26. The van der Waals surface area contributed by atoms with Crippen molar-refractivity contribution < 1.29 is 14.3 Å². The van der Waals surface area contributed by atoms with Gasteiger partial charge in [-0.15, -0.1) is 0 Å². The number of benzene rings is 2. The van der Waals surface area contributed by atoms with Crippen LogP contribution in [0.3, 0.4) is 0 Å². The zero-order valence-electron chi connectivity index (χ0n) is 17.6. The predicted molar refractivity (Wildman–Crippen MR) is 113 cm³/mol. The minimum atomic E-state index is -0.177. The van der Waals surface area contributed by atoms with Crippen LogP contribution in [0.5, 0.6) is 0 Å². The van der Waals surface area contributed by atoms with Crippen LogP contribution in [0.25, 0.3) is 0 Å². The maximum absolute atomic E-state index is 12.7. The highest BCUT2D eigenvalue weighted by atomic mass is 16.7. The number of nitrogens with one attached hydrogen (secondary N) is 2. The number of aryl methyl sites for hydroxylation is 4. The average molecular weight is 395 g/mol. The minimum Gasteiger partial charge on any atom is -0.347 e. The number of hydrogen-bond donors (Lipinski definition) is 2. The molecule has 0 radical (unpaired) electrons. The third-order valence-corrected chi connectivity index (χ3v) is 6.16. The zero-order chi connectivity index (χ0) is 20.5. The first-order chi connectivity index (χ1) is 13.9. The Bertz CT molecular complexity index is 839. The van der Waals surface area contributed by atoms with Gasteiger partial charge in [0.05, 0.1) is 12.1 Å². The predicted octanol–water partition coefficient (Wildman–Crippen LogP) is 3.50. The molecule has 29 heavy (non-hydrogen) atoms. The summed E-state index contributed by atoms with van der Waals surface area (Å²) in [6.45, 7) is 8.67. The molecule has 0 unspecified atom stereocenters. The molecule has 2 amide bonds. The van der Waals surface area contributed by atoms with Crippen LogP contribution >= 0.6 is 0 Å². The van der Waals surface area contributed by atoms with Gasteiger partial charge in [0.1, 0.15) is 19.0 Å². The van der Waals surface area contributed by atoms with Crippen LogP contribution in [0.2, 0.25) is 0 Å². The monoisotopic (exact) mass is 394 g/mol. The van der Waals surface area contributed by atoms with E-state index in [9.17, 15) is 4.79 Å². The van der Waals surface area contributed by atoms with Crippen molar-refractivity contribution in [2.75, 3.05) is 6.79 Å². The number of ether oxygens (including phenoxy) is 2. The van der Waals surface area contributed by atoms with Crippen molar-refractivity contribution >= 4 is 6.03 Å². The van der Waals surface area contributed by atoms with E-state index in [0.717, 1.165) is 12.8 Å². The van der Waals surface area contributed by atoms with Crippen LogP contribution in [-0.2, 0) is 22.3 Å². The number of carbonyl (C=O) groups is 1. The molecule has 2 aliphatic heterocycles. The van der Waals surface area contributed by atoms with Gasteiger partial charge in [0.2, 0.25) is 0 Å². The average Bonchev–Trinajstić information content (AvgIpc) is 3.12. The van der Waals surface area contributed by atoms with Gasteiger partial charge in [0.25, 0.3) is 0 Å². The van der Waals surface area contributed by atoms with E-state index in [1.807, 2.05) is 0 Å². The van der Waals surface area contributed by atoms with Gasteiger partial charge in [-0.05, 0) is 62.8 Å². The minimum absolute atomic E-state index is 0.133. The van der Waals surface area contributed by atoms with Crippen molar-refractivity contribution in [3.63, 3.8) is 0 Å². The Morgan fingerprint density at radius 1 is 0.793 bits per heavy atom. The third-order valence-electron chi connectivity index (χ3n) is 6.16. The van der Waals surface area contributed by atoms with E-state index in [2.05, 4.69) is 74.7 Å². The van der Waals surface area contributed by atoms with E-state index in [1.165, 1.54) is 33.4 Å². The lowest BCUT2D eigenvalue weighted by atomic mass is 9.90. The SMILES string of the molecule is Cc1ccc(C)c(C[C@H]2NC(=O)N[C@H](Cc3cc(C)ccc3C)[C@@H]3OCO[C@H]32)c1. The summed E-state index contributed by atoms with van der Waals surface area (Å²) < 4.78 is 12.0. The van der Waals surface area contributed by atoms with E-state index >= 15 is 0 Å². The van der Waals surface area contributed by atoms with E-state index in [-0.39, 0.29) is 37.1 Å². The molecule has 2 heterocycles. The fourth-order valence-corrected chi connectivity index (χ4v) is 4.47. The third kappa shape index (κ3) is 4.31. The summed E-state index contributed by atoms with van der Waals surface area (Å²) in [4.78, 5) is 12.7. The maximum Gasteiger partial charge on any atom is 0.315 e. The quantitative estimate of drug-likeness (QED) is 0.835. The van der Waals surface area contributed by atoms with Crippen molar-refractivity contribution in [3.8, 4) is 0 Å². The molecule has 2 saturated heterocycles. The molecule has 0 bridgehead atoms. The molecule has 5 heteroatoms. The molecular weight excluding hydrogens is 364 g/mol. The lowest BCUT2D eigenvalue weighted by Gasteiger charge is -2.27. The van der Waals surface area contributed by atoms with Crippen LogP contribution in [0, 0.1) is 27.7 Å². The smallest absolute Gasteiger partial charge is 0.315 e. The normalized spacial score (nSPS) is 26.4. The number of carbonyl (C=O) groups excluding carboxylic acids is 1. The molecule has 2 aromatic carbocycles. The summed E-state index contributed by atoms with van der Waals surface area (Å²) in [6, 6.07) is 12.5. The highest BCUT2D eigenvalue weighted by Crippen LogP contribution is 2.27. The van der Waals surface area contributed by atoms with Crippen molar-refractivity contribution in [1.29, 1.82) is 0 Å².